The second-order valence-corrected chi connectivity index (χ2v) is 5.11. The van der Waals surface area contributed by atoms with Crippen LogP contribution in [0, 0.1) is 0 Å². The van der Waals surface area contributed by atoms with Gasteiger partial charge < -0.3 is 15.0 Å². The number of rotatable bonds is 7. The van der Waals surface area contributed by atoms with Crippen LogP contribution in [-0.2, 0) is 6.54 Å². The number of carbonyl (C=O) groups excluding carboxylic acids is 1. The van der Waals surface area contributed by atoms with Crippen molar-refractivity contribution in [3.8, 4) is 11.4 Å². The van der Waals surface area contributed by atoms with Crippen molar-refractivity contribution in [1.82, 2.24) is 20.1 Å². The zero-order valence-corrected chi connectivity index (χ0v) is 13.0. The Bertz CT molecular complexity index is 607. The summed E-state index contributed by atoms with van der Waals surface area (Å²) in [6.45, 7) is 4.89. The van der Waals surface area contributed by atoms with Crippen LogP contribution in [-0.4, -0.2) is 38.4 Å². The van der Waals surface area contributed by atoms with E-state index in [0.717, 1.165) is 24.4 Å². The van der Waals surface area contributed by atoms with Gasteiger partial charge in [-0.3, -0.25) is 4.79 Å². The number of carbonyl (C=O) groups is 1. The van der Waals surface area contributed by atoms with Crippen molar-refractivity contribution in [2.75, 3.05) is 6.61 Å². The molecule has 0 bridgehead atoms. The number of amides is 1. The first kappa shape index (κ1) is 16.2. The number of aliphatic hydroxyl groups is 1. The second-order valence-electron chi connectivity index (χ2n) is 5.11. The molecule has 1 atom stereocenters. The summed E-state index contributed by atoms with van der Waals surface area (Å²) < 4.78 is 1.95. The molecule has 0 saturated heterocycles. The van der Waals surface area contributed by atoms with Crippen LogP contribution in [0.5, 0.6) is 0 Å². The van der Waals surface area contributed by atoms with Crippen LogP contribution in [0.25, 0.3) is 11.4 Å². The third-order valence-electron chi connectivity index (χ3n) is 3.67. The highest BCUT2D eigenvalue weighted by molar-refractivity contribution is 5.94. The largest absolute Gasteiger partial charge is 0.396 e. The molecular weight excluding hydrogens is 280 g/mol. The van der Waals surface area contributed by atoms with Gasteiger partial charge in [0.2, 0.25) is 0 Å². The third-order valence-corrected chi connectivity index (χ3v) is 3.67. The average Bonchev–Trinajstić information content (AvgIpc) is 3.03. The number of nitrogens with one attached hydrogen (secondary N) is 1. The summed E-state index contributed by atoms with van der Waals surface area (Å²) in [6.07, 6.45) is 3.06. The van der Waals surface area contributed by atoms with Crippen LogP contribution in [0.1, 0.15) is 37.0 Å². The zero-order valence-electron chi connectivity index (χ0n) is 13.0. The summed E-state index contributed by atoms with van der Waals surface area (Å²) in [4.78, 5) is 12.2. The van der Waals surface area contributed by atoms with Gasteiger partial charge in [0.25, 0.3) is 5.91 Å². The standard InChI is InChI=1S/C16H22N4O2/c1-3-14(9-10-21)18-16(22)13-7-5-12(6-8-13)15-19-17-11-20(15)4-2/h5-8,11,14,21H,3-4,9-10H2,1-2H3,(H,18,22). The minimum absolute atomic E-state index is 0.000339. The van der Waals surface area contributed by atoms with Gasteiger partial charge in [-0.05, 0) is 31.9 Å². The van der Waals surface area contributed by atoms with Crippen molar-refractivity contribution in [3.05, 3.63) is 36.2 Å². The van der Waals surface area contributed by atoms with Gasteiger partial charge in [-0.25, -0.2) is 0 Å². The molecule has 2 N–H and O–H groups in total. The third kappa shape index (κ3) is 3.71. The normalized spacial score (nSPS) is 12.1. The maximum absolute atomic E-state index is 12.2. The van der Waals surface area contributed by atoms with Gasteiger partial charge in [0, 0.05) is 30.3 Å². The summed E-state index contributed by atoms with van der Waals surface area (Å²) in [5, 5.41) is 19.9. The summed E-state index contributed by atoms with van der Waals surface area (Å²) in [5.41, 5.74) is 1.53. The smallest absolute Gasteiger partial charge is 0.251 e. The monoisotopic (exact) mass is 302 g/mol. The molecule has 1 aromatic carbocycles. The number of aryl methyl sites for hydroxylation is 1. The number of aliphatic hydroxyl groups excluding tert-OH is 1. The fourth-order valence-corrected chi connectivity index (χ4v) is 2.28. The Labute approximate surface area is 130 Å². The van der Waals surface area contributed by atoms with Crippen LogP contribution in [0.15, 0.2) is 30.6 Å². The molecule has 118 valence electrons. The van der Waals surface area contributed by atoms with Crippen molar-refractivity contribution >= 4 is 5.91 Å². The molecule has 0 aliphatic carbocycles. The summed E-state index contributed by atoms with van der Waals surface area (Å²) in [7, 11) is 0. The van der Waals surface area contributed by atoms with Gasteiger partial charge in [0.05, 0.1) is 0 Å². The zero-order chi connectivity index (χ0) is 15.9. The van der Waals surface area contributed by atoms with Crippen molar-refractivity contribution in [2.45, 2.75) is 39.3 Å². The van der Waals surface area contributed by atoms with Crippen LogP contribution in [0.2, 0.25) is 0 Å². The molecule has 1 unspecified atom stereocenters. The lowest BCUT2D eigenvalue weighted by molar-refractivity contribution is 0.0929. The van der Waals surface area contributed by atoms with Crippen molar-refractivity contribution in [3.63, 3.8) is 0 Å². The Morgan fingerprint density at radius 1 is 1.32 bits per heavy atom. The molecule has 1 amide bonds. The van der Waals surface area contributed by atoms with Crippen LogP contribution in [0.3, 0.4) is 0 Å². The minimum Gasteiger partial charge on any atom is -0.396 e. The average molecular weight is 302 g/mol. The Morgan fingerprint density at radius 2 is 2.05 bits per heavy atom. The Kier molecular flexibility index (Phi) is 5.66. The fourth-order valence-electron chi connectivity index (χ4n) is 2.28. The summed E-state index contributed by atoms with van der Waals surface area (Å²) in [5.74, 6) is 0.671. The van der Waals surface area contributed by atoms with Gasteiger partial charge in [-0.15, -0.1) is 10.2 Å². The molecule has 2 aromatic rings. The first-order chi connectivity index (χ1) is 10.7. The van der Waals surface area contributed by atoms with E-state index < -0.39 is 0 Å². The molecule has 0 spiro atoms. The van der Waals surface area contributed by atoms with Gasteiger partial charge in [-0.1, -0.05) is 19.1 Å². The van der Waals surface area contributed by atoms with Crippen LogP contribution < -0.4 is 5.32 Å². The molecule has 0 saturated carbocycles. The summed E-state index contributed by atoms with van der Waals surface area (Å²) >= 11 is 0. The van der Waals surface area contributed by atoms with Crippen LogP contribution in [0.4, 0.5) is 0 Å². The van der Waals surface area contributed by atoms with E-state index in [1.54, 1.807) is 18.5 Å². The van der Waals surface area contributed by atoms with Crippen molar-refractivity contribution < 1.29 is 9.90 Å². The molecule has 1 aromatic heterocycles. The lowest BCUT2D eigenvalue weighted by Gasteiger charge is -2.15. The molecule has 0 aliphatic heterocycles. The highest BCUT2D eigenvalue weighted by Crippen LogP contribution is 2.17. The Hall–Kier alpha value is -2.21. The molecule has 1 heterocycles. The number of hydrogen-bond donors (Lipinski definition) is 2. The second kappa shape index (κ2) is 7.70. The Balaban J connectivity index is 2.10. The molecule has 0 radical (unpaired) electrons. The summed E-state index contributed by atoms with van der Waals surface area (Å²) in [6, 6.07) is 7.31. The van der Waals surface area contributed by atoms with E-state index in [4.69, 9.17) is 5.11 Å². The number of aromatic nitrogens is 3. The number of hydrogen-bond acceptors (Lipinski definition) is 4. The predicted molar refractivity (Wildman–Crippen MR) is 84.4 cm³/mol. The van der Waals surface area contributed by atoms with E-state index in [1.807, 2.05) is 30.5 Å². The molecule has 0 aliphatic rings. The number of benzene rings is 1. The molecule has 22 heavy (non-hydrogen) atoms. The SMILES string of the molecule is CCC(CCO)NC(=O)c1ccc(-c2nncn2CC)cc1. The van der Waals surface area contributed by atoms with Gasteiger partial charge >= 0.3 is 0 Å². The topological polar surface area (TPSA) is 80.0 Å². The van der Waals surface area contributed by atoms with Crippen molar-refractivity contribution in [1.29, 1.82) is 0 Å². The molecule has 0 fully saturated rings. The van der Waals surface area contributed by atoms with E-state index in [1.165, 1.54) is 0 Å². The van der Waals surface area contributed by atoms with Crippen molar-refractivity contribution in [2.24, 2.45) is 0 Å². The van der Waals surface area contributed by atoms with E-state index in [9.17, 15) is 4.79 Å². The molecule has 6 nitrogen and oxygen atoms in total. The predicted octanol–water partition coefficient (Wildman–Crippen LogP) is 1.86. The first-order valence-corrected chi connectivity index (χ1v) is 7.59. The molecule has 6 heteroatoms. The lowest BCUT2D eigenvalue weighted by Crippen LogP contribution is -2.35. The number of nitrogens with zero attached hydrogens (tertiary/aromatic N) is 3. The lowest BCUT2D eigenvalue weighted by atomic mass is 10.1. The Morgan fingerprint density at radius 3 is 2.64 bits per heavy atom. The fraction of sp³-hybridized carbons (Fsp3) is 0.438. The highest BCUT2D eigenvalue weighted by atomic mass is 16.3. The van der Waals surface area contributed by atoms with E-state index in [-0.39, 0.29) is 18.6 Å². The quantitative estimate of drug-likeness (QED) is 0.818. The molecular formula is C16H22N4O2. The maximum atomic E-state index is 12.2. The van der Waals surface area contributed by atoms with Gasteiger partial charge in [-0.2, -0.15) is 0 Å². The van der Waals surface area contributed by atoms with Gasteiger partial charge in [0.15, 0.2) is 5.82 Å². The van der Waals surface area contributed by atoms with E-state index >= 15 is 0 Å². The maximum Gasteiger partial charge on any atom is 0.251 e. The minimum atomic E-state index is -0.121. The first-order valence-electron chi connectivity index (χ1n) is 7.59. The van der Waals surface area contributed by atoms with Crippen LogP contribution >= 0.6 is 0 Å². The highest BCUT2D eigenvalue weighted by Gasteiger charge is 2.12. The molecule has 2 rings (SSSR count). The van der Waals surface area contributed by atoms with Gasteiger partial charge in [0.1, 0.15) is 6.33 Å². The van der Waals surface area contributed by atoms with E-state index in [2.05, 4.69) is 15.5 Å². The van der Waals surface area contributed by atoms with E-state index in [0.29, 0.717) is 12.0 Å².